The highest BCUT2D eigenvalue weighted by molar-refractivity contribution is 6.12. The quantitative estimate of drug-likeness (QED) is 0.189. The van der Waals surface area contributed by atoms with E-state index >= 15 is 0 Å². The number of para-hydroxylation sites is 4. The largest absolute Gasteiger partial charge is 0.456 e. The highest BCUT2D eigenvalue weighted by Gasteiger charge is 2.17. The summed E-state index contributed by atoms with van der Waals surface area (Å²) in [5, 5.41) is 5.99. The van der Waals surface area contributed by atoms with Crippen molar-refractivity contribution in [2.45, 2.75) is 0 Å². The molecule has 10 rings (SSSR count). The van der Waals surface area contributed by atoms with Gasteiger partial charge in [-0.2, -0.15) is 0 Å². The van der Waals surface area contributed by atoms with Crippen molar-refractivity contribution in [2.75, 3.05) is 0 Å². The Labute approximate surface area is 268 Å². The number of fused-ring (bicyclic) bond motifs is 8. The average molecular weight is 603 g/mol. The number of rotatable bonds is 3. The van der Waals surface area contributed by atoms with Crippen molar-refractivity contribution < 1.29 is 4.42 Å². The minimum Gasteiger partial charge on any atom is -0.456 e. The van der Waals surface area contributed by atoms with Crippen LogP contribution in [0, 0.1) is 0 Å². The Morgan fingerprint density at radius 2 is 0.872 bits per heavy atom. The molecule has 0 aliphatic heterocycles. The molecule has 0 saturated heterocycles. The Morgan fingerprint density at radius 1 is 0.362 bits per heavy atom. The van der Waals surface area contributed by atoms with Crippen LogP contribution in [-0.2, 0) is 0 Å². The van der Waals surface area contributed by atoms with Crippen LogP contribution in [0.1, 0.15) is 0 Å². The summed E-state index contributed by atoms with van der Waals surface area (Å²) in [4.78, 5) is 13.2. The van der Waals surface area contributed by atoms with Gasteiger partial charge >= 0.3 is 0 Å². The predicted molar refractivity (Wildman–Crippen MR) is 194 cm³/mol. The zero-order valence-corrected chi connectivity index (χ0v) is 25.2. The summed E-state index contributed by atoms with van der Waals surface area (Å²) in [5.74, 6) is 0. The van der Waals surface area contributed by atoms with Crippen LogP contribution < -0.4 is 5.43 Å². The normalized spacial score (nSPS) is 11.9. The van der Waals surface area contributed by atoms with Gasteiger partial charge in [0.1, 0.15) is 11.2 Å². The van der Waals surface area contributed by atoms with Crippen LogP contribution in [0.4, 0.5) is 0 Å². The number of benzene rings is 7. The Morgan fingerprint density at radius 3 is 1.53 bits per heavy atom. The lowest BCUT2D eigenvalue weighted by molar-refractivity contribution is 0.659. The molecular formula is C43H26N2O2. The lowest BCUT2D eigenvalue weighted by Crippen LogP contribution is -2.03. The molecule has 3 heterocycles. The van der Waals surface area contributed by atoms with E-state index in [0.717, 1.165) is 28.0 Å². The topological polar surface area (TPSA) is 40.1 Å². The van der Waals surface area contributed by atoms with E-state index in [2.05, 4.69) is 124 Å². The smallest absolute Gasteiger partial charge is 0.200 e. The van der Waals surface area contributed by atoms with Crippen LogP contribution in [0.3, 0.4) is 0 Å². The van der Waals surface area contributed by atoms with E-state index in [9.17, 15) is 4.79 Å². The van der Waals surface area contributed by atoms with Crippen LogP contribution in [0.15, 0.2) is 167 Å². The van der Waals surface area contributed by atoms with Gasteiger partial charge in [0.05, 0.1) is 32.8 Å². The van der Waals surface area contributed by atoms with Gasteiger partial charge in [-0.1, -0.05) is 78.9 Å². The number of hydrogen-bond acceptors (Lipinski definition) is 2. The van der Waals surface area contributed by atoms with Crippen LogP contribution >= 0.6 is 0 Å². The monoisotopic (exact) mass is 602 g/mol. The third kappa shape index (κ3) is 3.79. The van der Waals surface area contributed by atoms with Gasteiger partial charge in [0.2, 0.25) is 5.43 Å². The molecule has 7 aromatic carbocycles. The molecule has 0 aliphatic carbocycles. The van der Waals surface area contributed by atoms with Crippen LogP contribution in [0.2, 0.25) is 0 Å². The number of nitrogens with zero attached hydrogens (tertiary/aromatic N) is 2. The van der Waals surface area contributed by atoms with Gasteiger partial charge in [-0.15, -0.1) is 0 Å². The maximum atomic E-state index is 13.2. The van der Waals surface area contributed by atoms with Crippen molar-refractivity contribution in [2.24, 2.45) is 0 Å². The van der Waals surface area contributed by atoms with Gasteiger partial charge in [-0.05, 0) is 83.9 Å². The predicted octanol–water partition coefficient (Wildman–Crippen LogP) is 10.8. The molecular weight excluding hydrogens is 576 g/mol. The first-order chi connectivity index (χ1) is 23.2. The molecule has 220 valence electrons. The fourth-order valence-electron chi connectivity index (χ4n) is 7.37. The molecule has 0 N–H and O–H groups in total. The molecule has 0 amide bonds. The Kier molecular flexibility index (Phi) is 5.40. The van der Waals surface area contributed by atoms with Gasteiger partial charge < -0.3 is 13.6 Å². The second kappa shape index (κ2) is 9.80. The molecule has 0 bridgehead atoms. The summed E-state index contributed by atoms with van der Waals surface area (Å²) in [6.45, 7) is 0. The summed E-state index contributed by atoms with van der Waals surface area (Å²) in [7, 11) is 0. The molecule has 0 spiro atoms. The molecule has 47 heavy (non-hydrogen) atoms. The van der Waals surface area contributed by atoms with Crippen molar-refractivity contribution >= 4 is 65.6 Å². The minimum absolute atomic E-state index is 0.0101. The molecule has 0 unspecified atom stereocenters. The van der Waals surface area contributed by atoms with Gasteiger partial charge in [0, 0.05) is 39.0 Å². The summed E-state index contributed by atoms with van der Waals surface area (Å²) in [6, 6.07) is 54.6. The number of aromatic nitrogens is 2. The zero-order valence-electron chi connectivity index (χ0n) is 25.2. The van der Waals surface area contributed by atoms with Gasteiger partial charge in [0.25, 0.3) is 0 Å². The Balaban J connectivity index is 1.17. The second-order valence-corrected chi connectivity index (χ2v) is 12.1. The van der Waals surface area contributed by atoms with Crippen molar-refractivity contribution in [1.29, 1.82) is 0 Å². The number of hydrogen-bond donors (Lipinski definition) is 0. The summed E-state index contributed by atoms with van der Waals surface area (Å²) in [6.07, 6.45) is 0. The lowest BCUT2D eigenvalue weighted by Gasteiger charge is -2.10. The summed E-state index contributed by atoms with van der Waals surface area (Å²) < 4.78 is 10.9. The van der Waals surface area contributed by atoms with Crippen molar-refractivity contribution in [3.8, 4) is 22.5 Å². The van der Waals surface area contributed by atoms with E-state index in [-0.39, 0.29) is 5.43 Å². The van der Waals surface area contributed by atoms with Gasteiger partial charge in [0.15, 0.2) is 0 Å². The molecule has 3 aromatic heterocycles. The Bertz CT molecular complexity index is 2930. The lowest BCUT2D eigenvalue weighted by atomic mass is 10.0. The van der Waals surface area contributed by atoms with E-state index in [1.807, 2.05) is 42.5 Å². The van der Waals surface area contributed by atoms with E-state index in [1.165, 1.54) is 38.1 Å². The first-order valence-corrected chi connectivity index (χ1v) is 15.8. The molecule has 0 atom stereocenters. The van der Waals surface area contributed by atoms with Gasteiger partial charge in [-0.25, -0.2) is 0 Å². The van der Waals surface area contributed by atoms with Crippen molar-refractivity contribution in [3.05, 3.63) is 168 Å². The molecule has 10 aromatic rings. The van der Waals surface area contributed by atoms with E-state index in [1.54, 1.807) is 0 Å². The molecule has 4 nitrogen and oxygen atoms in total. The standard InChI is InChI=1S/C43H26N2O2/c46-43-33-14-6-9-17-41(33)47-42-26-30(20-21-34(42)43)45-38-16-8-5-13-32(38)36-25-28(19-23-40(36)45)27-18-22-39-35(24-27)31-12-4-7-15-37(31)44(39)29-10-2-1-3-11-29/h1-26H. The molecule has 4 heteroatoms. The maximum Gasteiger partial charge on any atom is 0.200 e. The first kappa shape index (κ1) is 25.9. The highest BCUT2D eigenvalue weighted by atomic mass is 16.3. The second-order valence-electron chi connectivity index (χ2n) is 12.1. The first-order valence-electron chi connectivity index (χ1n) is 15.8. The molecule has 0 aliphatic rings. The molecule has 0 fully saturated rings. The maximum absolute atomic E-state index is 13.2. The average Bonchev–Trinajstić information content (AvgIpc) is 3.64. The minimum atomic E-state index is -0.0101. The third-order valence-corrected chi connectivity index (χ3v) is 9.51. The SMILES string of the molecule is O=c1c2ccccc2oc2cc(-n3c4ccccc4c4cc(-c5ccc6c(c5)c5ccccc5n6-c5ccccc5)ccc43)ccc12. The summed E-state index contributed by atoms with van der Waals surface area (Å²) >= 11 is 0. The van der Waals surface area contributed by atoms with Crippen LogP contribution in [-0.4, -0.2) is 9.13 Å². The molecule has 0 saturated carbocycles. The zero-order chi connectivity index (χ0) is 31.1. The fraction of sp³-hybridized carbons (Fsp3) is 0. The van der Waals surface area contributed by atoms with Gasteiger partial charge in [-0.3, -0.25) is 4.79 Å². The van der Waals surface area contributed by atoms with E-state index < -0.39 is 0 Å². The highest BCUT2D eigenvalue weighted by Crippen LogP contribution is 2.38. The fourth-order valence-corrected chi connectivity index (χ4v) is 7.37. The van der Waals surface area contributed by atoms with E-state index in [0.29, 0.717) is 21.9 Å². The van der Waals surface area contributed by atoms with Crippen molar-refractivity contribution in [1.82, 2.24) is 9.13 Å². The van der Waals surface area contributed by atoms with Crippen LogP contribution in [0.25, 0.3) is 88.1 Å². The Hall–Kier alpha value is -6.39. The van der Waals surface area contributed by atoms with Crippen molar-refractivity contribution in [3.63, 3.8) is 0 Å². The van der Waals surface area contributed by atoms with Crippen LogP contribution in [0.5, 0.6) is 0 Å². The van der Waals surface area contributed by atoms with E-state index in [4.69, 9.17) is 4.42 Å². The third-order valence-electron chi connectivity index (χ3n) is 9.51. The summed E-state index contributed by atoms with van der Waals surface area (Å²) in [5.41, 5.74) is 10.2. The molecule has 0 radical (unpaired) electrons.